The van der Waals surface area contributed by atoms with Gasteiger partial charge in [0.15, 0.2) is 0 Å². The normalized spacial score (nSPS) is 35.0. The largest absolute Gasteiger partial charge is 0.478 e. The fourth-order valence-electron chi connectivity index (χ4n) is 7.61. The molecule has 42 heavy (non-hydrogen) atoms. The van der Waals surface area contributed by atoms with E-state index in [1.54, 1.807) is 6.08 Å². The fourth-order valence-corrected chi connectivity index (χ4v) is 8.36. The van der Waals surface area contributed by atoms with Crippen LogP contribution in [0.3, 0.4) is 0 Å². The number of rotatable bonds is 8. The molecule has 8 atom stereocenters. The number of aliphatic hydroxyl groups excluding tert-OH is 1. The van der Waals surface area contributed by atoms with Gasteiger partial charge < -0.3 is 25.4 Å². The molecular formula is C32H45NO8S. The average molecular weight is 604 g/mol. The van der Waals surface area contributed by atoms with Crippen molar-refractivity contribution in [2.24, 2.45) is 34.0 Å². The highest BCUT2D eigenvalue weighted by molar-refractivity contribution is 8.00. The number of benzene rings is 1. The summed E-state index contributed by atoms with van der Waals surface area (Å²) < 4.78 is 10.2. The molecule has 3 aliphatic rings. The monoisotopic (exact) mass is 603 g/mol. The highest BCUT2D eigenvalue weighted by atomic mass is 32.2. The van der Waals surface area contributed by atoms with Crippen molar-refractivity contribution in [1.29, 1.82) is 0 Å². The van der Waals surface area contributed by atoms with Crippen LogP contribution in [-0.4, -0.2) is 52.4 Å². The molecular weight excluding hydrogens is 558 g/mol. The van der Waals surface area contributed by atoms with Crippen molar-refractivity contribution in [3.05, 3.63) is 49.3 Å². The first-order valence-corrected chi connectivity index (χ1v) is 14.8. The number of carbonyl (C=O) groups excluding carboxylic acids is 3. The number of thioether (sulfide) groups is 1. The van der Waals surface area contributed by atoms with Crippen LogP contribution in [0.4, 0.5) is 5.69 Å². The van der Waals surface area contributed by atoms with Crippen LogP contribution in [0.25, 0.3) is 0 Å². The van der Waals surface area contributed by atoms with Crippen molar-refractivity contribution in [3.8, 4) is 0 Å². The third-order valence-corrected chi connectivity index (χ3v) is 11.0. The van der Waals surface area contributed by atoms with Gasteiger partial charge in [-0.25, -0.2) is 4.79 Å². The minimum absolute atomic E-state index is 0. The summed E-state index contributed by atoms with van der Waals surface area (Å²) in [6.07, 6.45) is 5.07. The lowest BCUT2D eigenvalue weighted by Gasteiger charge is -2.56. The van der Waals surface area contributed by atoms with Gasteiger partial charge in [-0.1, -0.05) is 53.3 Å². The van der Waals surface area contributed by atoms with Crippen LogP contribution in [0.5, 0.6) is 0 Å². The lowest BCUT2D eigenvalue weighted by atomic mass is 9.49. The molecule has 0 radical (unpaired) electrons. The Bertz CT molecular complexity index is 1200. The smallest absolute Gasteiger partial charge is 0.331 e. The number of carboxylic acid groups (broad SMARTS) is 1. The number of nitrogen functional groups attached to an aromatic ring is 1. The Morgan fingerprint density at radius 3 is 2.48 bits per heavy atom. The summed E-state index contributed by atoms with van der Waals surface area (Å²) in [4.78, 5) is 46.3. The zero-order chi connectivity index (χ0) is 30.6. The Labute approximate surface area is 252 Å². The zero-order valence-electron chi connectivity index (χ0n) is 24.1. The van der Waals surface area contributed by atoms with Crippen LogP contribution in [0.1, 0.15) is 60.8 Å². The molecule has 3 fully saturated rings. The van der Waals surface area contributed by atoms with Gasteiger partial charge >= 0.3 is 11.9 Å². The number of hydrogen-bond acceptors (Lipinski definition) is 9. The molecule has 0 aromatic heterocycles. The number of aliphatic hydroxyl groups is 1. The highest BCUT2D eigenvalue weighted by Crippen LogP contribution is 2.70. The highest BCUT2D eigenvalue weighted by Gasteiger charge is 2.71. The number of Topliss-reactive ketones (excluding diaryl/α,β-unsaturated/α-hetero) is 1. The molecule has 1 aromatic rings. The second-order valence-electron chi connectivity index (χ2n) is 11.8. The van der Waals surface area contributed by atoms with Crippen molar-refractivity contribution in [2.75, 3.05) is 11.5 Å². The standard InChI is InChI=1S/C27H37NO4S.C4H4O4.CH4/c1-6-25(4)23(31)17(3)27-13-11-16(2)26(5,22(27)19(29)12-14-27)24(25)32-21(30)15-33-20-10-8-7-9-18(20)28;5-3-8-2-1-4(6)7;/h6-10,16-17,22-24,31H,1,11-15,28H2,2-5H3;1-3H,(H,6,7);1H4/b;2-1+;/t16?,17?,22?,23-,24?,25?,26?,27-;;/m0../s1. The molecule has 9 nitrogen and oxygen atoms in total. The first-order chi connectivity index (χ1) is 19.3. The number of para-hydroxylation sites is 1. The molecule has 232 valence electrons. The van der Waals surface area contributed by atoms with E-state index in [-0.39, 0.29) is 54.6 Å². The Morgan fingerprint density at radius 2 is 1.88 bits per heavy atom. The third kappa shape index (κ3) is 6.29. The summed E-state index contributed by atoms with van der Waals surface area (Å²) in [6, 6.07) is 7.44. The molecule has 4 rings (SSSR count). The Kier molecular flexibility index (Phi) is 11.6. The molecule has 0 heterocycles. The summed E-state index contributed by atoms with van der Waals surface area (Å²) in [5, 5.41) is 19.5. The number of anilines is 1. The van der Waals surface area contributed by atoms with E-state index in [2.05, 4.69) is 32.1 Å². The third-order valence-electron chi connectivity index (χ3n) is 9.91. The van der Waals surface area contributed by atoms with E-state index in [0.717, 1.165) is 30.4 Å². The van der Waals surface area contributed by atoms with Gasteiger partial charge in [-0.05, 0) is 48.6 Å². The summed E-state index contributed by atoms with van der Waals surface area (Å²) in [5.74, 6) is -1.29. The molecule has 0 amide bonds. The number of esters is 1. The minimum atomic E-state index is -1.15. The second kappa shape index (κ2) is 13.9. The van der Waals surface area contributed by atoms with Crippen molar-refractivity contribution < 1.29 is 38.9 Å². The minimum Gasteiger partial charge on any atom is -0.478 e. The van der Waals surface area contributed by atoms with Crippen LogP contribution in [0.2, 0.25) is 0 Å². The number of carboxylic acids is 1. The number of hydrogen-bond donors (Lipinski definition) is 3. The van der Waals surface area contributed by atoms with Crippen LogP contribution in [-0.2, 0) is 28.7 Å². The maximum absolute atomic E-state index is 13.4. The van der Waals surface area contributed by atoms with Gasteiger partial charge in [0.2, 0.25) is 0 Å². The second-order valence-corrected chi connectivity index (χ2v) is 12.8. The van der Waals surface area contributed by atoms with E-state index in [0.29, 0.717) is 18.2 Å². The summed E-state index contributed by atoms with van der Waals surface area (Å²) in [6.45, 7) is 12.5. The Hall–Kier alpha value is -3.11. The van der Waals surface area contributed by atoms with Crippen LogP contribution >= 0.6 is 11.8 Å². The Balaban J connectivity index is 0.000000603. The first-order valence-electron chi connectivity index (χ1n) is 13.8. The number of nitrogens with two attached hydrogens (primary N) is 1. The zero-order valence-corrected chi connectivity index (χ0v) is 24.9. The van der Waals surface area contributed by atoms with Crippen molar-refractivity contribution in [3.63, 3.8) is 0 Å². The number of ether oxygens (including phenoxy) is 2. The Morgan fingerprint density at radius 1 is 1.21 bits per heavy atom. The number of ketones is 1. The van der Waals surface area contributed by atoms with Gasteiger partial charge in [0.25, 0.3) is 6.47 Å². The van der Waals surface area contributed by atoms with Crippen molar-refractivity contribution >= 4 is 41.6 Å². The van der Waals surface area contributed by atoms with Crippen molar-refractivity contribution in [1.82, 2.24) is 0 Å². The lowest BCUT2D eigenvalue weighted by molar-refractivity contribution is -0.185. The molecule has 6 unspecified atom stereocenters. The number of aliphatic carboxylic acids is 1. The van der Waals surface area contributed by atoms with E-state index in [1.807, 2.05) is 31.2 Å². The molecule has 3 saturated carbocycles. The molecule has 3 aliphatic carbocycles. The van der Waals surface area contributed by atoms with E-state index >= 15 is 0 Å². The summed E-state index contributed by atoms with van der Waals surface area (Å²) >= 11 is 1.34. The van der Waals surface area contributed by atoms with Gasteiger partial charge in [0.05, 0.1) is 17.9 Å². The van der Waals surface area contributed by atoms with E-state index < -0.39 is 29.0 Å². The molecule has 10 heteroatoms. The predicted octanol–water partition coefficient (Wildman–Crippen LogP) is 5.27. The molecule has 4 N–H and O–H groups in total. The molecule has 1 aromatic carbocycles. The van der Waals surface area contributed by atoms with Crippen LogP contribution in [0.15, 0.2) is 54.2 Å². The van der Waals surface area contributed by atoms with Crippen molar-refractivity contribution in [2.45, 2.75) is 77.9 Å². The predicted molar refractivity (Wildman–Crippen MR) is 162 cm³/mol. The van der Waals surface area contributed by atoms with Crippen LogP contribution in [0, 0.1) is 34.0 Å². The van der Waals surface area contributed by atoms with E-state index in [4.69, 9.17) is 15.6 Å². The number of carbonyl (C=O) groups is 4. The quantitative estimate of drug-likeness (QED) is 0.0681. The maximum atomic E-state index is 13.4. The fraction of sp³-hybridized carbons (Fsp3) is 0.562. The summed E-state index contributed by atoms with van der Waals surface area (Å²) in [7, 11) is 0. The lowest BCUT2D eigenvalue weighted by Crippen LogP contribution is -2.58. The van der Waals surface area contributed by atoms with Crippen LogP contribution < -0.4 is 5.73 Å². The first kappa shape index (κ1) is 35.1. The summed E-state index contributed by atoms with van der Waals surface area (Å²) in [5.41, 5.74) is 4.96. The van der Waals surface area contributed by atoms with Gasteiger partial charge in [-0.2, -0.15) is 0 Å². The van der Waals surface area contributed by atoms with Gasteiger partial charge in [0, 0.05) is 33.8 Å². The SMILES string of the molecule is C.C=CC1(C)C(OC(=O)CSc2ccccc2N)C2(C)C(C)CC[C@]3(CCC(=O)C23)C(C)[C@@H]1O.O=CO/C=C/C(=O)O. The van der Waals surface area contributed by atoms with Gasteiger partial charge in [-0.15, -0.1) is 18.3 Å². The van der Waals surface area contributed by atoms with E-state index in [1.165, 1.54) is 11.8 Å². The molecule has 0 spiro atoms. The molecule has 0 saturated heterocycles. The molecule has 0 aliphatic heterocycles. The topological polar surface area (TPSA) is 153 Å². The molecule has 2 bridgehead atoms. The average Bonchev–Trinajstić information content (AvgIpc) is 3.29. The van der Waals surface area contributed by atoms with Gasteiger partial charge in [0.1, 0.15) is 18.1 Å². The van der Waals surface area contributed by atoms with Gasteiger partial charge in [-0.3, -0.25) is 14.4 Å². The maximum Gasteiger partial charge on any atom is 0.331 e. The van der Waals surface area contributed by atoms with E-state index in [9.17, 15) is 24.3 Å².